The van der Waals surface area contributed by atoms with Gasteiger partial charge in [0.1, 0.15) is 11.4 Å². The number of carbonyl (C=O) groups excluding carboxylic acids is 1. The summed E-state index contributed by atoms with van der Waals surface area (Å²) < 4.78 is 19.7. The summed E-state index contributed by atoms with van der Waals surface area (Å²) in [6, 6.07) is 11.1. The predicted molar refractivity (Wildman–Crippen MR) is 78.5 cm³/mol. The van der Waals surface area contributed by atoms with E-state index in [1.54, 1.807) is 12.1 Å². The van der Waals surface area contributed by atoms with E-state index in [1.165, 1.54) is 18.2 Å². The molecular weight excluding hydrogens is 323 g/mol. The molecule has 0 aliphatic heterocycles. The number of hydrogen-bond acceptors (Lipinski definition) is 2. The summed E-state index contributed by atoms with van der Waals surface area (Å²) in [7, 11) is 0. The number of benzene rings is 2. The van der Waals surface area contributed by atoms with Crippen LogP contribution in [0.2, 0.25) is 0 Å². The van der Waals surface area contributed by atoms with Crippen LogP contribution in [0.5, 0.6) is 0 Å². The maximum absolute atomic E-state index is 13.2. The highest BCUT2D eigenvalue weighted by molar-refractivity contribution is 9.10. The van der Waals surface area contributed by atoms with Crippen LogP contribution in [0.4, 0.5) is 4.39 Å². The number of furan rings is 1. The second kappa shape index (κ2) is 4.87. The molecule has 0 spiro atoms. The highest BCUT2D eigenvalue weighted by Gasteiger charge is 2.16. The highest BCUT2D eigenvalue weighted by atomic mass is 79.9. The van der Waals surface area contributed by atoms with Crippen molar-refractivity contribution in [2.75, 3.05) is 0 Å². The summed E-state index contributed by atoms with van der Waals surface area (Å²) in [5.74, 6) is -0.547. The first kappa shape index (κ1) is 13.1. The summed E-state index contributed by atoms with van der Waals surface area (Å²) in [5.41, 5.74) is 1.89. The topological polar surface area (TPSA) is 30.2 Å². The number of fused-ring (bicyclic) bond motifs is 1. The van der Waals surface area contributed by atoms with Crippen LogP contribution in [0, 0.1) is 12.7 Å². The standard InChI is InChI=1S/C16H10BrFO2/c1-9-5-12(17)6-11-8-14(20-16(9)11)15(19)10-3-2-4-13(18)7-10/h2-8H,1H3. The fourth-order valence-corrected chi connectivity index (χ4v) is 2.76. The molecule has 0 radical (unpaired) electrons. The zero-order chi connectivity index (χ0) is 14.3. The first-order chi connectivity index (χ1) is 9.54. The number of carbonyl (C=O) groups is 1. The lowest BCUT2D eigenvalue weighted by Crippen LogP contribution is -1.99. The van der Waals surface area contributed by atoms with Gasteiger partial charge in [0.15, 0.2) is 5.76 Å². The summed E-state index contributed by atoms with van der Waals surface area (Å²) >= 11 is 3.41. The van der Waals surface area contributed by atoms with E-state index in [-0.39, 0.29) is 17.1 Å². The molecule has 2 aromatic carbocycles. The monoisotopic (exact) mass is 332 g/mol. The molecular formula is C16H10BrFO2. The minimum Gasteiger partial charge on any atom is -0.452 e. The van der Waals surface area contributed by atoms with Crippen LogP contribution in [0.3, 0.4) is 0 Å². The summed E-state index contributed by atoms with van der Waals surface area (Å²) in [6.45, 7) is 1.91. The van der Waals surface area contributed by atoms with Crippen LogP contribution in [-0.4, -0.2) is 5.78 Å². The Labute approximate surface area is 123 Å². The van der Waals surface area contributed by atoms with E-state index >= 15 is 0 Å². The van der Waals surface area contributed by atoms with Crippen LogP contribution in [0.25, 0.3) is 11.0 Å². The number of halogens is 2. The Morgan fingerprint density at radius 3 is 2.75 bits per heavy atom. The Morgan fingerprint density at radius 1 is 1.20 bits per heavy atom. The normalized spacial score (nSPS) is 10.9. The highest BCUT2D eigenvalue weighted by Crippen LogP contribution is 2.28. The maximum atomic E-state index is 13.2. The van der Waals surface area contributed by atoms with Gasteiger partial charge in [0.2, 0.25) is 5.78 Å². The molecule has 0 aliphatic carbocycles. The molecule has 0 atom stereocenters. The molecule has 0 amide bonds. The van der Waals surface area contributed by atoms with Gasteiger partial charge in [-0.3, -0.25) is 4.79 Å². The molecule has 0 aliphatic rings. The van der Waals surface area contributed by atoms with Crippen LogP contribution in [-0.2, 0) is 0 Å². The van der Waals surface area contributed by atoms with Gasteiger partial charge < -0.3 is 4.42 Å². The Hall–Kier alpha value is -1.94. The molecule has 3 rings (SSSR count). The van der Waals surface area contributed by atoms with Gasteiger partial charge in [-0.2, -0.15) is 0 Å². The zero-order valence-corrected chi connectivity index (χ0v) is 12.2. The van der Waals surface area contributed by atoms with Gasteiger partial charge in [0.05, 0.1) is 0 Å². The zero-order valence-electron chi connectivity index (χ0n) is 10.6. The number of hydrogen-bond donors (Lipinski definition) is 0. The molecule has 4 heteroatoms. The second-order valence-corrected chi connectivity index (χ2v) is 5.51. The first-order valence-electron chi connectivity index (χ1n) is 6.04. The van der Waals surface area contributed by atoms with E-state index in [2.05, 4.69) is 15.9 Å². The Balaban J connectivity index is 2.11. The molecule has 0 unspecified atom stereocenters. The van der Waals surface area contributed by atoms with Crippen LogP contribution >= 0.6 is 15.9 Å². The van der Waals surface area contributed by atoms with E-state index < -0.39 is 5.82 Å². The van der Waals surface area contributed by atoms with Gasteiger partial charge in [-0.1, -0.05) is 28.1 Å². The Kier molecular flexibility index (Phi) is 3.18. The number of ketones is 1. The largest absolute Gasteiger partial charge is 0.452 e. The summed E-state index contributed by atoms with van der Waals surface area (Å²) in [5, 5.41) is 0.844. The van der Waals surface area contributed by atoms with Crippen molar-refractivity contribution in [3.05, 3.63) is 69.6 Å². The molecule has 1 aromatic heterocycles. The summed E-state index contributed by atoms with van der Waals surface area (Å²) in [6.07, 6.45) is 0. The van der Waals surface area contributed by atoms with E-state index in [0.29, 0.717) is 5.58 Å². The van der Waals surface area contributed by atoms with Gasteiger partial charge in [-0.15, -0.1) is 0 Å². The van der Waals surface area contributed by atoms with Crippen molar-refractivity contribution >= 4 is 32.7 Å². The molecule has 20 heavy (non-hydrogen) atoms. The number of aryl methyl sites for hydroxylation is 1. The Bertz CT molecular complexity index is 820. The lowest BCUT2D eigenvalue weighted by atomic mass is 10.1. The lowest BCUT2D eigenvalue weighted by Gasteiger charge is -1.97. The van der Waals surface area contributed by atoms with E-state index in [4.69, 9.17) is 4.42 Å². The summed E-state index contributed by atoms with van der Waals surface area (Å²) in [4.78, 5) is 12.3. The van der Waals surface area contributed by atoms with Crippen LogP contribution in [0.1, 0.15) is 21.7 Å². The molecule has 2 nitrogen and oxygen atoms in total. The Morgan fingerprint density at radius 2 is 2.00 bits per heavy atom. The molecule has 0 fully saturated rings. The average Bonchev–Trinajstić information content (AvgIpc) is 2.82. The smallest absolute Gasteiger partial charge is 0.228 e. The fourth-order valence-electron chi connectivity index (χ4n) is 2.17. The SMILES string of the molecule is Cc1cc(Br)cc2cc(C(=O)c3cccc(F)c3)oc12. The second-order valence-electron chi connectivity index (χ2n) is 4.59. The maximum Gasteiger partial charge on any atom is 0.228 e. The van der Waals surface area contributed by atoms with Crippen molar-refractivity contribution in [2.24, 2.45) is 0 Å². The van der Waals surface area contributed by atoms with Crippen LogP contribution in [0.15, 0.2) is 51.4 Å². The van der Waals surface area contributed by atoms with Gasteiger partial charge >= 0.3 is 0 Å². The lowest BCUT2D eigenvalue weighted by molar-refractivity contribution is 0.101. The number of rotatable bonds is 2. The minimum atomic E-state index is -0.439. The third-order valence-corrected chi connectivity index (χ3v) is 3.54. The van der Waals surface area contributed by atoms with E-state index in [0.717, 1.165) is 15.4 Å². The predicted octanol–water partition coefficient (Wildman–Crippen LogP) is 4.87. The van der Waals surface area contributed by atoms with Gasteiger partial charge in [0.25, 0.3) is 0 Å². The van der Waals surface area contributed by atoms with Gasteiger partial charge in [-0.25, -0.2) is 4.39 Å². The van der Waals surface area contributed by atoms with Crippen molar-refractivity contribution in [1.29, 1.82) is 0 Å². The molecule has 0 N–H and O–H groups in total. The average molecular weight is 333 g/mol. The minimum absolute atomic E-state index is 0.215. The first-order valence-corrected chi connectivity index (χ1v) is 6.84. The van der Waals surface area contributed by atoms with Crippen molar-refractivity contribution in [3.63, 3.8) is 0 Å². The molecule has 0 saturated heterocycles. The van der Waals surface area contributed by atoms with Crippen molar-refractivity contribution in [2.45, 2.75) is 6.92 Å². The molecule has 100 valence electrons. The molecule has 0 saturated carbocycles. The third-order valence-electron chi connectivity index (χ3n) is 3.08. The molecule has 0 bridgehead atoms. The van der Waals surface area contributed by atoms with Gasteiger partial charge in [0, 0.05) is 15.4 Å². The van der Waals surface area contributed by atoms with E-state index in [9.17, 15) is 9.18 Å². The van der Waals surface area contributed by atoms with Crippen molar-refractivity contribution in [3.8, 4) is 0 Å². The van der Waals surface area contributed by atoms with Crippen molar-refractivity contribution < 1.29 is 13.6 Å². The van der Waals surface area contributed by atoms with E-state index in [1.807, 2.05) is 19.1 Å². The molecule has 3 aromatic rings. The van der Waals surface area contributed by atoms with Gasteiger partial charge in [-0.05, 0) is 42.8 Å². The molecule has 1 heterocycles. The third kappa shape index (κ3) is 2.27. The van der Waals surface area contributed by atoms with Crippen LogP contribution < -0.4 is 0 Å². The van der Waals surface area contributed by atoms with Crippen molar-refractivity contribution in [1.82, 2.24) is 0 Å². The fraction of sp³-hybridized carbons (Fsp3) is 0.0625. The quantitative estimate of drug-likeness (QED) is 0.626.